The molecule has 8 nitrogen and oxygen atoms in total. The summed E-state index contributed by atoms with van der Waals surface area (Å²) in [6.45, 7) is 0. The molecule has 1 aromatic heterocycles. The molecular weight excluding hydrogens is 336 g/mol. The van der Waals surface area contributed by atoms with Gasteiger partial charge in [-0.1, -0.05) is 44.9 Å². The smallest absolute Gasteiger partial charge is 0.304 e. The number of aliphatic imine (C=N–C) groups is 1. The number of carbonyl (C=O) groups is 1. The van der Waals surface area contributed by atoms with Gasteiger partial charge < -0.3 is 9.94 Å². The zero-order valence-corrected chi connectivity index (χ0v) is 14.8. The lowest BCUT2D eigenvalue weighted by atomic mass is 9.84. The average Bonchev–Trinajstić information content (AvgIpc) is 3.04. The number of hydroxylamine groups is 2. The van der Waals surface area contributed by atoms with Crippen molar-refractivity contribution in [3.63, 3.8) is 0 Å². The molecule has 1 fully saturated rings. The van der Waals surface area contributed by atoms with Crippen LogP contribution < -0.4 is 0 Å². The highest BCUT2D eigenvalue weighted by Gasteiger charge is 2.34. The first-order chi connectivity index (χ1) is 12.6. The van der Waals surface area contributed by atoms with Gasteiger partial charge >= 0.3 is 5.97 Å². The summed E-state index contributed by atoms with van der Waals surface area (Å²) in [5.41, 5.74) is 0.585. The molecule has 0 radical (unpaired) electrons. The van der Waals surface area contributed by atoms with E-state index >= 15 is 0 Å². The first-order valence-electron chi connectivity index (χ1n) is 9.34. The van der Waals surface area contributed by atoms with Gasteiger partial charge in [0.2, 0.25) is 5.90 Å². The molecule has 0 spiro atoms. The van der Waals surface area contributed by atoms with Crippen molar-refractivity contribution in [3.8, 4) is 0 Å². The Bertz CT molecular complexity index is 619. The van der Waals surface area contributed by atoms with Gasteiger partial charge in [0.25, 0.3) is 0 Å². The Morgan fingerprint density at radius 1 is 1.27 bits per heavy atom. The minimum absolute atomic E-state index is 0.0602. The van der Waals surface area contributed by atoms with Crippen molar-refractivity contribution in [3.05, 3.63) is 24.3 Å². The van der Waals surface area contributed by atoms with Gasteiger partial charge in [0.1, 0.15) is 6.33 Å². The molecule has 8 heteroatoms. The molecular formula is C18H26N4O4. The van der Waals surface area contributed by atoms with E-state index in [2.05, 4.69) is 15.0 Å². The van der Waals surface area contributed by atoms with E-state index in [1.54, 1.807) is 12.4 Å². The third-order valence-corrected chi connectivity index (χ3v) is 5.18. The van der Waals surface area contributed by atoms with Crippen molar-refractivity contribution in [2.24, 2.45) is 16.8 Å². The maximum atomic E-state index is 11.3. The predicted octanol–water partition coefficient (Wildman–Crippen LogP) is 3.35. The van der Waals surface area contributed by atoms with Crippen LogP contribution in [0.3, 0.4) is 0 Å². The van der Waals surface area contributed by atoms with Crippen molar-refractivity contribution in [1.82, 2.24) is 15.2 Å². The van der Waals surface area contributed by atoms with Crippen LogP contribution in [0.2, 0.25) is 0 Å². The van der Waals surface area contributed by atoms with Crippen molar-refractivity contribution in [1.29, 1.82) is 0 Å². The Morgan fingerprint density at radius 3 is 2.69 bits per heavy atom. The lowest BCUT2D eigenvalue weighted by Gasteiger charge is -2.22. The highest BCUT2D eigenvalue weighted by atomic mass is 16.9. The van der Waals surface area contributed by atoms with Gasteiger partial charge in [-0.25, -0.2) is 15.0 Å². The predicted molar refractivity (Wildman–Crippen MR) is 93.1 cm³/mol. The first kappa shape index (κ1) is 18.7. The maximum Gasteiger partial charge on any atom is 0.304 e. The number of nitrogens with zero attached hydrogens (tertiary/aromatic N) is 4. The van der Waals surface area contributed by atoms with E-state index in [0.717, 1.165) is 18.8 Å². The van der Waals surface area contributed by atoms with Gasteiger partial charge in [-0.15, -0.1) is 0 Å². The lowest BCUT2D eigenvalue weighted by Crippen LogP contribution is -2.24. The van der Waals surface area contributed by atoms with Gasteiger partial charge in [-0.2, -0.15) is 0 Å². The fraction of sp³-hybridized carbons (Fsp3) is 0.667. The summed E-state index contributed by atoms with van der Waals surface area (Å²) in [6, 6.07) is 0. The number of carboxylic acid groups (broad SMARTS) is 1. The van der Waals surface area contributed by atoms with Crippen molar-refractivity contribution in [2.75, 3.05) is 0 Å². The number of rotatable bonds is 8. The second kappa shape index (κ2) is 9.05. The molecule has 0 aromatic carbocycles. The summed E-state index contributed by atoms with van der Waals surface area (Å²) < 4.78 is 0. The standard InChI is InChI=1S/C18H26N4O4/c23-16(24)9-14(8-4-7-13-5-2-1-3-6-13)18-21-17(22(25)26-18)15-10-19-12-20-11-15/h10-14,17,25H,1-9H2,(H,23,24)/t14-,17?/m1/s1. The first-order valence-corrected chi connectivity index (χ1v) is 9.34. The van der Waals surface area contributed by atoms with Crippen LogP contribution in [-0.2, 0) is 9.63 Å². The van der Waals surface area contributed by atoms with Crippen LogP contribution in [0.5, 0.6) is 0 Å². The molecule has 26 heavy (non-hydrogen) atoms. The van der Waals surface area contributed by atoms with Gasteiger partial charge in [0, 0.05) is 29.1 Å². The highest BCUT2D eigenvalue weighted by molar-refractivity contribution is 5.84. The molecule has 142 valence electrons. The minimum atomic E-state index is -0.894. The lowest BCUT2D eigenvalue weighted by molar-refractivity contribution is -0.306. The summed E-state index contributed by atoms with van der Waals surface area (Å²) in [5, 5.41) is 19.9. The largest absolute Gasteiger partial charge is 0.481 e. The highest BCUT2D eigenvalue weighted by Crippen LogP contribution is 2.32. The molecule has 2 atom stereocenters. The number of aromatic nitrogens is 2. The van der Waals surface area contributed by atoms with Crippen LogP contribution in [-0.4, -0.2) is 37.4 Å². The average molecular weight is 362 g/mol. The van der Waals surface area contributed by atoms with E-state index in [1.165, 1.54) is 38.4 Å². The number of aliphatic carboxylic acids is 1. The second-order valence-corrected chi connectivity index (χ2v) is 7.14. The molecule has 2 heterocycles. The molecule has 0 bridgehead atoms. The SMILES string of the molecule is O=C(O)C[C@@H](CCCC1CCCCC1)C1=NC(c2cncnc2)N(O)O1. The van der Waals surface area contributed by atoms with Crippen molar-refractivity contribution >= 4 is 11.9 Å². The Labute approximate surface area is 152 Å². The molecule has 1 aromatic rings. The van der Waals surface area contributed by atoms with Crippen molar-refractivity contribution in [2.45, 2.75) is 64.0 Å². The third kappa shape index (κ3) is 4.98. The Kier molecular flexibility index (Phi) is 6.51. The Balaban J connectivity index is 1.62. The van der Waals surface area contributed by atoms with Crippen LogP contribution in [0.1, 0.15) is 69.5 Å². The summed E-state index contributed by atoms with van der Waals surface area (Å²) in [5.74, 6) is -0.216. The van der Waals surface area contributed by atoms with E-state index < -0.39 is 12.1 Å². The number of carboxylic acids is 1. The fourth-order valence-corrected chi connectivity index (χ4v) is 3.82. The molecule has 0 amide bonds. The summed E-state index contributed by atoms with van der Waals surface area (Å²) >= 11 is 0. The van der Waals surface area contributed by atoms with Crippen LogP contribution in [0.15, 0.2) is 23.7 Å². The summed E-state index contributed by atoms with van der Waals surface area (Å²) in [6.07, 6.45) is 12.9. The molecule has 1 unspecified atom stereocenters. The molecule has 3 rings (SSSR count). The van der Waals surface area contributed by atoms with E-state index in [-0.39, 0.29) is 18.2 Å². The van der Waals surface area contributed by atoms with Crippen molar-refractivity contribution < 1.29 is 19.9 Å². The number of hydrogen-bond acceptors (Lipinski definition) is 7. The molecule has 2 N–H and O–H groups in total. The quantitative estimate of drug-likeness (QED) is 0.730. The second-order valence-electron chi connectivity index (χ2n) is 7.14. The fourth-order valence-electron chi connectivity index (χ4n) is 3.82. The van der Waals surface area contributed by atoms with E-state index in [4.69, 9.17) is 4.84 Å². The number of hydrogen-bond donors (Lipinski definition) is 2. The van der Waals surface area contributed by atoms with E-state index in [1.807, 2.05) is 0 Å². The van der Waals surface area contributed by atoms with E-state index in [0.29, 0.717) is 17.2 Å². The summed E-state index contributed by atoms with van der Waals surface area (Å²) in [4.78, 5) is 28.8. The van der Waals surface area contributed by atoms with Crippen LogP contribution in [0.4, 0.5) is 0 Å². The molecule has 1 aliphatic carbocycles. The Morgan fingerprint density at radius 2 is 2.00 bits per heavy atom. The molecule has 2 aliphatic rings. The minimum Gasteiger partial charge on any atom is -0.481 e. The zero-order valence-electron chi connectivity index (χ0n) is 14.8. The Hall–Kier alpha value is -2.06. The molecule has 1 aliphatic heterocycles. The van der Waals surface area contributed by atoms with E-state index in [9.17, 15) is 15.1 Å². The monoisotopic (exact) mass is 362 g/mol. The van der Waals surface area contributed by atoms with Gasteiger partial charge in [-0.3, -0.25) is 10.0 Å². The topological polar surface area (TPSA) is 108 Å². The van der Waals surface area contributed by atoms with Gasteiger partial charge in [0.05, 0.1) is 6.42 Å². The third-order valence-electron chi connectivity index (χ3n) is 5.18. The normalized spacial score (nSPS) is 22.7. The van der Waals surface area contributed by atoms with Gasteiger partial charge in [0.15, 0.2) is 6.17 Å². The van der Waals surface area contributed by atoms with Crippen LogP contribution in [0, 0.1) is 11.8 Å². The van der Waals surface area contributed by atoms with Crippen LogP contribution in [0.25, 0.3) is 0 Å². The maximum absolute atomic E-state index is 11.3. The summed E-state index contributed by atoms with van der Waals surface area (Å²) in [7, 11) is 0. The molecule has 0 saturated heterocycles. The van der Waals surface area contributed by atoms with Gasteiger partial charge in [-0.05, 0) is 12.3 Å². The molecule has 1 saturated carbocycles. The van der Waals surface area contributed by atoms with Crippen LogP contribution >= 0.6 is 0 Å². The zero-order chi connectivity index (χ0) is 18.4.